The van der Waals surface area contributed by atoms with Gasteiger partial charge in [-0.25, -0.2) is 4.98 Å². The Morgan fingerprint density at radius 1 is 1.09 bits per heavy atom. The van der Waals surface area contributed by atoms with Crippen LogP contribution in [-0.4, -0.2) is 39.4 Å². The molecule has 5 rings (SSSR count). The van der Waals surface area contributed by atoms with Crippen LogP contribution in [0.5, 0.6) is 0 Å². The molecule has 2 aliphatic rings. The van der Waals surface area contributed by atoms with E-state index in [4.69, 9.17) is 0 Å². The number of hydrogen-bond donors (Lipinski definition) is 1. The summed E-state index contributed by atoms with van der Waals surface area (Å²) >= 11 is 1.63. The van der Waals surface area contributed by atoms with Gasteiger partial charge in [0.2, 0.25) is 11.8 Å². The second-order valence-corrected chi connectivity index (χ2v) is 9.94. The first-order valence-electron chi connectivity index (χ1n) is 11.7. The lowest BCUT2D eigenvalue weighted by molar-refractivity contribution is -0.129. The molecule has 1 unspecified atom stereocenters. The number of fused-ring (bicyclic) bond motifs is 3. The lowest BCUT2D eigenvalue weighted by atomic mass is 9.97. The van der Waals surface area contributed by atoms with Gasteiger partial charge in [0.05, 0.1) is 17.8 Å². The van der Waals surface area contributed by atoms with Crippen LogP contribution in [0.4, 0.5) is 0 Å². The number of benzene rings is 1. The molecule has 1 N–H and O–H groups in total. The number of nitrogens with zero attached hydrogens (tertiary/aromatic N) is 3. The quantitative estimate of drug-likeness (QED) is 0.582. The van der Waals surface area contributed by atoms with Crippen molar-refractivity contribution >= 4 is 33.4 Å². The van der Waals surface area contributed by atoms with Crippen LogP contribution in [0, 0.1) is 0 Å². The molecule has 8 heteroatoms. The van der Waals surface area contributed by atoms with Crippen molar-refractivity contribution in [2.24, 2.45) is 0 Å². The van der Waals surface area contributed by atoms with Gasteiger partial charge in [-0.2, -0.15) is 0 Å². The fourth-order valence-electron chi connectivity index (χ4n) is 4.87. The topological polar surface area (TPSA) is 84.3 Å². The Kier molecular flexibility index (Phi) is 6.26. The van der Waals surface area contributed by atoms with Gasteiger partial charge >= 0.3 is 0 Å². The van der Waals surface area contributed by atoms with E-state index in [9.17, 15) is 14.4 Å². The van der Waals surface area contributed by atoms with E-state index in [2.05, 4.69) is 10.3 Å². The summed E-state index contributed by atoms with van der Waals surface area (Å²) in [6.45, 7) is 1.47. The minimum absolute atomic E-state index is 0.0468. The molecule has 33 heavy (non-hydrogen) atoms. The zero-order valence-corrected chi connectivity index (χ0v) is 19.4. The Balaban J connectivity index is 1.29. The number of hydrogen-bond acceptors (Lipinski definition) is 5. The molecule has 0 spiro atoms. The molecule has 0 radical (unpaired) electrons. The molecular weight excluding hydrogens is 436 g/mol. The first kappa shape index (κ1) is 21.8. The summed E-state index contributed by atoms with van der Waals surface area (Å²) in [7, 11) is 0. The third-order valence-electron chi connectivity index (χ3n) is 6.63. The van der Waals surface area contributed by atoms with E-state index in [0.717, 1.165) is 53.6 Å². The molecule has 1 aliphatic heterocycles. The molecule has 1 saturated heterocycles. The van der Waals surface area contributed by atoms with Crippen LogP contribution in [0.3, 0.4) is 0 Å². The normalized spacial score (nSPS) is 16.7. The Labute approximate surface area is 196 Å². The number of thiophene rings is 1. The second-order valence-electron chi connectivity index (χ2n) is 8.86. The standard InChI is InChI=1S/C25H28N4O3S/c30-21(27-19(17-7-2-1-3-8-17)15-28-13-6-11-22(28)31)12-14-29-16-26-24-23(25(29)32)18-9-4-5-10-20(18)33-24/h1-3,7-8,16,19H,4-6,9-15H2,(H,27,30). The maximum Gasteiger partial charge on any atom is 0.262 e. The number of nitrogens with one attached hydrogen (secondary N) is 1. The van der Waals surface area contributed by atoms with Gasteiger partial charge in [0, 0.05) is 37.4 Å². The minimum Gasteiger partial charge on any atom is -0.347 e. The van der Waals surface area contributed by atoms with Gasteiger partial charge in [0.15, 0.2) is 0 Å². The fourth-order valence-corrected chi connectivity index (χ4v) is 6.09. The molecule has 0 bridgehead atoms. The van der Waals surface area contributed by atoms with Gasteiger partial charge in [-0.1, -0.05) is 30.3 Å². The zero-order valence-electron chi connectivity index (χ0n) is 18.6. The second kappa shape index (κ2) is 9.47. The van der Waals surface area contributed by atoms with Crippen LogP contribution in [-0.2, 0) is 29.0 Å². The molecule has 0 saturated carbocycles. The summed E-state index contributed by atoms with van der Waals surface area (Å²) in [5.41, 5.74) is 2.09. The number of carbonyl (C=O) groups is 2. The van der Waals surface area contributed by atoms with Crippen molar-refractivity contribution in [3.8, 4) is 0 Å². The van der Waals surface area contributed by atoms with Gasteiger partial charge < -0.3 is 10.2 Å². The van der Waals surface area contributed by atoms with Gasteiger partial charge in [-0.3, -0.25) is 19.0 Å². The predicted octanol–water partition coefficient (Wildman–Crippen LogP) is 3.21. The summed E-state index contributed by atoms with van der Waals surface area (Å²) in [4.78, 5) is 46.6. The van der Waals surface area contributed by atoms with Gasteiger partial charge in [0.25, 0.3) is 5.56 Å². The van der Waals surface area contributed by atoms with E-state index in [-0.39, 0.29) is 36.4 Å². The first-order valence-corrected chi connectivity index (χ1v) is 12.5. The average Bonchev–Trinajstić information content (AvgIpc) is 3.42. The highest BCUT2D eigenvalue weighted by Gasteiger charge is 2.25. The van der Waals surface area contributed by atoms with Crippen LogP contribution in [0.15, 0.2) is 41.5 Å². The highest BCUT2D eigenvalue weighted by atomic mass is 32.1. The minimum atomic E-state index is -0.276. The summed E-state index contributed by atoms with van der Waals surface area (Å²) in [5, 5.41) is 3.83. The van der Waals surface area contributed by atoms with Crippen LogP contribution < -0.4 is 10.9 Å². The Bertz CT molecular complexity index is 1230. The van der Waals surface area contributed by atoms with Crippen molar-refractivity contribution in [1.82, 2.24) is 19.8 Å². The fraction of sp³-hybridized carbons (Fsp3) is 0.440. The van der Waals surface area contributed by atoms with Crippen LogP contribution in [0.25, 0.3) is 10.2 Å². The molecule has 1 aromatic carbocycles. The molecule has 172 valence electrons. The highest BCUT2D eigenvalue weighted by Crippen LogP contribution is 2.33. The third kappa shape index (κ3) is 4.57. The summed E-state index contributed by atoms with van der Waals surface area (Å²) in [6.07, 6.45) is 7.41. The first-order chi connectivity index (χ1) is 16.1. The van der Waals surface area contributed by atoms with E-state index < -0.39 is 0 Å². The smallest absolute Gasteiger partial charge is 0.262 e. The van der Waals surface area contributed by atoms with Crippen molar-refractivity contribution < 1.29 is 9.59 Å². The van der Waals surface area contributed by atoms with Crippen LogP contribution in [0.2, 0.25) is 0 Å². The van der Waals surface area contributed by atoms with Crippen molar-refractivity contribution in [1.29, 1.82) is 0 Å². The Morgan fingerprint density at radius 3 is 2.70 bits per heavy atom. The molecule has 1 fully saturated rings. The lowest BCUT2D eigenvalue weighted by Crippen LogP contribution is -2.39. The van der Waals surface area contributed by atoms with E-state index >= 15 is 0 Å². The lowest BCUT2D eigenvalue weighted by Gasteiger charge is -2.25. The van der Waals surface area contributed by atoms with Crippen molar-refractivity contribution in [2.45, 2.75) is 57.5 Å². The third-order valence-corrected chi connectivity index (χ3v) is 7.83. The number of rotatable bonds is 7. The summed E-state index contributed by atoms with van der Waals surface area (Å²) in [6, 6.07) is 9.45. The molecular formula is C25H28N4O3S. The molecule has 3 heterocycles. The Morgan fingerprint density at radius 2 is 1.91 bits per heavy atom. The van der Waals surface area contributed by atoms with Gasteiger partial charge in [-0.05, 0) is 43.2 Å². The molecule has 1 aliphatic carbocycles. The SMILES string of the molecule is O=C(CCn1cnc2sc3c(c2c1=O)CCCC3)NC(CN1CCCC1=O)c1ccccc1. The molecule has 2 amide bonds. The van der Waals surface area contributed by atoms with Gasteiger partial charge in [-0.15, -0.1) is 11.3 Å². The van der Waals surface area contributed by atoms with Crippen LogP contribution >= 0.6 is 11.3 Å². The van der Waals surface area contributed by atoms with E-state index in [1.165, 1.54) is 11.3 Å². The van der Waals surface area contributed by atoms with Crippen molar-refractivity contribution in [3.05, 3.63) is 63.0 Å². The number of aromatic nitrogens is 2. The number of likely N-dealkylation sites (tertiary alicyclic amines) is 1. The van der Waals surface area contributed by atoms with E-state index in [0.29, 0.717) is 13.0 Å². The molecule has 2 aromatic heterocycles. The number of amides is 2. The van der Waals surface area contributed by atoms with E-state index in [1.807, 2.05) is 35.2 Å². The number of aryl methyl sites for hydroxylation is 3. The van der Waals surface area contributed by atoms with Gasteiger partial charge in [0.1, 0.15) is 4.83 Å². The largest absolute Gasteiger partial charge is 0.347 e. The molecule has 7 nitrogen and oxygen atoms in total. The maximum absolute atomic E-state index is 13.1. The Hall–Kier alpha value is -3.00. The highest BCUT2D eigenvalue weighted by molar-refractivity contribution is 7.18. The monoisotopic (exact) mass is 464 g/mol. The predicted molar refractivity (Wildman–Crippen MR) is 128 cm³/mol. The maximum atomic E-state index is 13.1. The molecule has 1 atom stereocenters. The van der Waals surface area contributed by atoms with Crippen molar-refractivity contribution in [2.75, 3.05) is 13.1 Å². The summed E-state index contributed by atoms with van der Waals surface area (Å²) in [5.74, 6) is -0.00922. The average molecular weight is 465 g/mol. The zero-order chi connectivity index (χ0) is 22.8. The molecule has 3 aromatic rings. The summed E-state index contributed by atoms with van der Waals surface area (Å²) < 4.78 is 1.56. The van der Waals surface area contributed by atoms with Crippen molar-refractivity contribution in [3.63, 3.8) is 0 Å². The van der Waals surface area contributed by atoms with E-state index in [1.54, 1.807) is 22.2 Å². The van der Waals surface area contributed by atoms with Crippen LogP contribution in [0.1, 0.15) is 54.1 Å². The number of carbonyl (C=O) groups excluding carboxylic acids is 2.